The summed E-state index contributed by atoms with van der Waals surface area (Å²) in [7, 11) is 0. The third-order valence-electron chi connectivity index (χ3n) is 5.73. The monoisotopic (exact) mass is 376 g/mol. The number of aryl methyl sites for hydroxylation is 1. The number of H-pyrrole nitrogens is 1. The average molecular weight is 377 g/mol. The molecule has 28 heavy (non-hydrogen) atoms. The minimum absolute atomic E-state index is 0.00393. The Hall–Kier alpha value is -2.56. The number of aromatic amines is 1. The predicted molar refractivity (Wildman–Crippen MR) is 114 cm³/mol. The molecule has 3 N–H and O–H groups in total. The standard InChI is InChI=1S/C24H28N2O2/c27-17-24-21(22-16-20(28)9-10-23(22)25-24)8-4-5-13-26-14-11-19(12-15-26)18-6-2-1-3-7-18/h1-3,6-7,9-11,16,25,27-28H,4-5,8,12-15,17H2. The van der Waals surface area contributed by atoms with Gasteiger partial charge in [-0.1, -0.05) is 36.4 Å². The molecule has 2 aromatic carbocycles. The van der Waals surface area contributed by atoms with Gasteiger partial charge in [-0.2, -0.15) is 0 Å². The molecule has 0 amide bonds. The second-order valence-corrected chi connectivity index (χ2v) is 7.57. The summed E-state index contributed by atoms with van der Waals surface area (Å²) in [5.74, 6) is 0.270. The minimum atomic E-state index is 0.00393. The SMILES string of the molecule is OCc1[nH]c2ccc(O)cc2c1CCCCN1CC=C(c2ccccc2)CC1. The zero-order chi connectivity index (χ0) is 19.3. The normalized spacial score (nSPS) is 15.1. The van der Waals surface area contributed by atoms with Crippen molar-refractivity contribution in [1.82, 2.24) is 9.88 Å². The topological polar surface area (TPSA) is 59.5 Å². The molecule has 0 bridgehead atoms. The van der Waals surface area contributed by atoms with Gasteiger partial charge in [0.05, 0.1) is 6.61 Å². The highest BCUT2D eigenvalue weighted by molar-refractivity contribution is 5.86. The van der Waals surface area contributed by atoms with Crippen LogP contribution in [0.15, 0.2) is 54.6 Å². The van der Waals surface area contributed by atoms with Crippen molar-refractivity contribution in [3.05, 3.63) is 71.4 Å². The van der Waals surface area contributed by atoms with Crippen molar-refractivity contribution in [2.45, 2.75) is 32.3 Å². The van der Waals surface area contributed by atoms with Gasteiger partial charge in [0.1, 0.15) is 5.75 Å². The van der Waals surface area contributed by atoms with Crippen molar-refractivity contribution in [2.24, 2.45) is 0 Å². The maximum Gasteiger partial charge on any atom is 0.116 e. The summed E-state index contributed by atoms with van der Waals surface area (Å²) in [5, 5.41) is 20.5. The van der Waals surface area contributed by atoms with Crippen LogP contribution in [0, 0.1) is 0 Å². The van der Waals surface area contributed by atoms with E-state index in [9.17, 15) is 10.2 Å². The van der Waals surface area contributed by atoms with E-state index in [1.165, 1.54) is 11.1 Å². The molecule has 1 aliphatic heterocycles. The Kier molecular flexibility index (Phi) is 5.79. The quantitative estimate of drug-likeness (QED) is 0.533. The molecule has 0 atom stereocenters. The van der Waals surface area contributed by atoms with E-state index in [2.05, 4.69) is 46.3 Å². The van der Waals surface area contributed by atoms with E-state index < -0.39 is 0 Å². The highest BCUT2D eigenvalue weighted by Crippen LogP contribution is 2.28. The summed E-state index contributed by atoms with van der Waals surface area (Å²) < 4.78 is 0. The number of aliphatic hydroxyl groups is 1. The summed E-state index contributed by atoms with van der Waals surface area (Å²) in [6, 6.07) is 16.0. The van der Waals surface area contributed by atoms with Crippen molar-refractivity contribution in [3.63, 3.8) is 0 Å². The molecule has 0 radical (unpaired) electrons. The second kappa shape index (κ2) is 8.63. The van der Waals surface area contributed by atoms with Crippen LogP contribution in [0.2, 0.25) is 0 Å². The third kappa shape index (κ3) is 4.13. The third-order valence-corrected chi connectivity index (χ3v) is 5.73. The predicted octanol–water partition coefficient (Wildman–Crippen LogP) is 4.48. The van der Waals surface area contributed by atoms with E-state index in [1.54, 1.807) is 12.1 Å². The maximum absolute atomic E-state index is 9.79. The van der Waals surface area contributed by atoms with Crippen LogP contribution in [-0.2, 0) is 13.0 Å². The number of rotatable bonds is 7. The second-order valence-electron chi connectivity index (χ2n) is 7.57. The summed E-state index contributed by atoms with van der Waals surface area (Å²) >= 11 is 0. The van der Waals surface area contributed by atoms with Gasteiger partial charge < -0.3 is 15.2 Å². The van der Waals surface area contributed by atoms with Gasteiger partial charge in [0.25, 0.3) is 0 Å². The lowest BCUT2D eigenvalue weighted by Gasteiger charge is -2.26. The lowest BCUT2D eigenvalue weighted by Crippen LogP contribution is -2.29. The van der Waals surface area contributed by atoms with Crippen LogP contribution in [0.4, 0.5) is 0 Å². The minimum Gasteiger partial charge on any atom is -0.508 e. The van der Waals surface area contributed by atoms with Crippen LogP contribution in [0.3, 0.4) is 0 Å². The first-order chi connectivity index (χ1) is 13.7. The first kappa shape index (κ1) is 18.8. The summed E-state index contributed by atoms with van der Waals surface area (Å²) in [4.78, 5) is 5.79. The van der Waals surface area contributed by atoms with Gasteiger partial charge in [0, 0.05) is 29.7 Å². The Labute approximate surface area is 166 Å². The number of aliphatic hydroxyl groups excluding tert-OH is 1. The molecular formula is C24H28N2O2. The molecule has 146 valence electrons. The van der Waals surface area contributed by atoms with E-state index in [0.29, 0.717) is 0 Å². The molecule has 0 unspecified atom stereocenters. The highest BCUT2D eigenvalue weighted by atomic mass is 16.3. The number of nitrogens with one attached hydrogen (secondary N) is 1. The molecule has 4 rings (SSSR count). The van der Waals surface area contributed by atoms with Crippen molar-refractivity contribution >= 4 is 16.5 Å². The molecule has 0 spiro atoms. The lowest BCUT2D eigenvalue weighted by atomic mass is 9.99. The van der Waals surface area contributed by atoms with E-state index in [-0.39, 0.29) is 12.4 Å². The van der Waals surface area contributed by atoms with Gasteiger partial charge in [-0.05, 0) is 67.1 Å². The molecule has 1 aromatic heterocycles. The number of fused-ring (bicyclic) bond motifs is 1. The van der Waals surface area contributed by atoms with Gasteiger partial charge in [-0.25, -0.2) is 0 Å². The number of nitrogens with zero attached hydrogens (tertiary/aromatic N) is 1. The lowest BCUT2D eigenvalue weighted by molar-refractivity contribution is 0.276. The molecule has 0 aliphatic carbocycles. The zero-order valence-corrected chi connectivity index (χ0v) is 16.2. The summed E-state index contributed by atoms with van der Waals surface area (Å²) in [6.07, 6.45) is 6.59. The van der Waals surface area contributed by atoms with E-state index in [0.717, 1.165) is 67.5 Å². The average Bonchev–Trinajstić information content (AvgIpc) is 3.09. The first-order valence-electron chi connectivity index (χ1n) is 10.1. The van der Waals surface area contributed by atoms with Crippen LogP contribution in [-0.4, -0.2) is 39.7 Å². The van der Waals surface area contributed by atoms with Crippen LogP contribution in [0.25, 0.3) is 16.5 Å². The van der Waals surface area contributed by atoms with Crippen LogP contribution >= 0.6 is 0 Å². The Morgan fingerprint density at radius 2 is 1.89 bits per heavy atom. The largest absolute Gasteiger partial charge is 0.508 e. The maximum atomic E-state index is 9.79. The molecular weight excluding hydrogens is 348 g/mol. The van der Waals surface area contributed by atoms with Gasteiger partial charge in [0.2, 0.25) is 0 Å². The molecule has 2 heterocycles. The number of aromatic hydroxyl groups is 1. The fourth-order valence-electron chi connectivity index (χ4n) is 4.18. The van der Waals surface area contributed by atoms with Crippen LogP contribution < -0.4 is 0 Å². The Morgan fingerprint density at radius 1 is 1.04 bits per heavy atom. The molecule has 4 nitrogen and oxygen atoms in total. The fourth-order valence-corrected chi connectivity index (χ4v) is 4.18. The molecule has 0 fully saturated rings. The van der Waals surface area contributed by atoms with Gasteiger partial charge in [-0.3, -0.25) is 4.90 Å². The number of unbranched alkanes of at least 4 members (excludes halogenated alkanes) is 1. The molecule has 1 aliphatic rings. The van der Waals surface area contributed by atoms with E-state index in [4.69, 9.17) is 0 Å². The Bertz CT molecular complexity index is 959. The smallest absolute Gasteiger partial charge is 0.116 e. The molecule has 4 heteroatoms. The highest BCUT2D eigenvalue weighted by Gasteiger charge is 2.14. The van der Waals surface area contributed by atoms with Crippen molar-refractivity contribution in [2.75, 3.05) is 19.6 Å². The number of aromatic nitrogens is 1. The van der Waals surface area contributed by atoms with E-state index in [1.807, 2.05) is 6.07 Å². The number of benzene rings is 2. The number of hydrogen-bond acceptors (Lipinski definition) is 3. The Morgan fingerprint density at radius 3 is 2.64 bits per heavy atom. The molecule has 3 aromatic rings. The van der Waals surface area contributed by atoms with E-state index >= 15 is 0 Å². The van der Waals surface area contributed by atoms with Crippen molar-refractivity contribution in [1.29, 1.82) is 0 Å². The summed E-state index contributed by atoms with van der Waals surface area (Å²) in [5.41, 5.74) is 5.79. The van der Waals surface area contributed by atoms with Gasteiger partial charge in [-0.15, -0.1) is 0 Å². The molecule has 0 saturated carbocycles. The number of hydrogen-bond donors (Lipinski definition) is 3. The van der Waals surface area contributed by atoms with Crippen molar-refractivity contribution in [3.8, 4) is 5.75 Å². The fraction of sp³-hybridized carbons (Fsp3) is 0.333. The van der Waals surface area contributed by atoms with Crippen LogP contribution in [0.1, 0.15) is 36.1 Å². The summed E-state index contributed by atoms with van der Waals surface area (Å²) in [6.45, 7) is 3.24. The van der Waals surface area contributed by atoms with Gasteiger partial charge >= 0.3 is 0 Å². The zero-order valence-electron chi connectivity index (χ0n) is 16.2. The number of phenolic OH excluding ortho intramolecular Hbond substituents is 1. The Balaban J connectivity index is 1.30. The molecule has 0 saturated heterocycles. The van der Waals surface area contributed by atoms with Crippen molar-refractivity contribution < 1.29 is 10.2 Å². The van der Waals surface area contributed by atoms with Gasteiger partial charge in [0.15, 0.2) is 0 Å². The number of phenols is 1. The first-order valence-corrected chi connectivity index (χ1v) is 10.1. The van der Waals surface area contributed by atoms with Crippen LogP contribution in [0.5, 0.6) is 5.75 Å².